The largest absolute Gasteiger partial charge is 0.481 e. The monoisotopic (exact) mass is 476 g/mol. The first-order valence-corrected chi connectivity index (χ1v) is 12.6. The van der Waals surface area contributed by atoms with Crippen molar-refractivity contribution in [2.45, 2.75) is 50.5 Å². The lowest BCUT2D eigenvalue weighted by atomic mass is 9.98. The maximum absolute atomic E-state index is 12.6. The zero-order valence-electron chi connectivity index (χ0n) is 19.7. The Morgan fingerprint density at radius 2 is 1.60 bits per heavy atom. The first-order chi connectivity index (χ1) is 17.0. The van der Waals surface area contributed by atoms with Crippen molar-refractivity contribution < 1.29 is 24.2 Å². The van der Waals surface area contributed by atoms with Crippen molar-refractivity contribution in [1.82, 2.24) is 10.6 Å². The standard InChI is InChI=1S/C28H32N2O5/c31-26(30-20-12-11-18(13-20)27(32)33)14-19(17-9-10-17)15-29-28(34)35-16-25-23-7-3-1-5-21(23)22-6-2-4-8-24(22)25/h1-8,17-20,25H,9-16H2,(H,29,34)(H,30,31)(H,32,33)/t18-,19?,20+/m1/s1. The second-order valence-electron chi connectivity index (χ2n) is 10.1. The Bertz CT molecular complexity index is 1070. The van der Waals surface area contributed by atoms with Crippen molar-refractivity contribution >= 4 is 18.0 Å². The van der Waals surface area contributed by atoms with Crippen LogP contribution in [0.4, 0.5) is 4.79 Å². The Hall–Kier alpha value is -3.35. The van der Waals surface area contributed by atoms with Crippen LogP contribution in [0.1, 0.15) is 55.6 Å². The summed E-state index contributed by atoms with van der Waals surface area (Å²) in [5.41, 5.74) is 4.72. The molecule has 2 saturated carbocycles. The molecule has 0 saturated heterocycles. The number of carbonyl (C=O) groups is 3. The molecule has 2 aromatic rings. The quantitative estimate of drug-likeness (QED) is 0.500. The minimum Gasteiger partial charge on any atom is -0.481 e. The van der Waals surface area contributed by atoms with E-state index in [1.165, 1.54) is 22.3 Å². The molecular formula is C28H32N2O5. The van der Waals surface area contributed by atoms with Gasteiger partial charge in [0, 0.05) is 24.9 Å². The van der Waals surface area contributed by atoms with Crippen molar-refractivity contribution in [3.8, 4) is 11.1 Å². The number of carboxylic acid groups (broad SMARTS) is 1. The van der Waals surface area contributed by atoms with E-state index in [1.807, 2.05) is 24.3 Å². The Balaban J connectivity index is 1.11. The lowest BCUT2D eigenvalue weighted by Crippen LogP contribution is -2.38. The van der Waals surface area contributed by atoms with E-state index in [1.54, 1.807) is 0 Å². The number of carbonyl (C=O) groups excluding carboxylic acids is 2. The van der Waals surface area contributed by atoms with Gasteiger partial charge in [-0.05, 0) is 66.2 Å². The highest BCUT2D eigenvalue weighted by Crippen LogP contribution is 2.44. The number of ether oxygens (including phenoxy) is 1. The van der Waals surface area contributed by atoms with E-state index in [0.717, 1.165) is 12.8 Å². The van der Waals surface area contributed by atoms with Crippen molar-refractivity contribution in [2.24, 2.45) is 17.8 Å². The van der Waals surface area contributed by atoms with Crippen LogP contribution in [-0.4, -0.2) is 42.3 Å². The van der Waals surface area contributed by atoms with Crippen LogP contribution in [0.15, 0.2) is 48.5 Å². The third kappa shape index (κ3) is 5.34. The zero-order valence-corrected chi connectivity index (χ0v) is 19.7. The van der Waals surface area contributed by atoms with Crippen molar-refractivity contribution in [1.29, 1.82) is 0 Å². The van der Waals surface area contributed by atoms with Crippen molar-refractivity contribution in [3.63, 3.8) is 0 Å². The molecule has 0 bridgehead atoms. The number of hydrogen-bond acceptors (Lipinski definition) is 4. The van der Waals surface area contributed by atoms with Crippen LogP contribution < -0.4 is 10.6 Å². The summed E-state index contributed by atoms with van der Waals surface area (Å²) in [5, 5.41) is 15.0. The van der Waals surface area contributed by atoms with Gasteiger partial charge in [-0.1, -0.05) is 48.5 Å². The molecule has 2 fully saturated rings. The number of carboxylic acids is 1. The van der Waals surface area contributed by atoms with Crippen molar-refractivity contribution in [3.05, 3.63) is 59.7 Å². The fraction of sp³-hybridized carbons (Fsp3) is 0.464. The molecule has 3 aliphatic rings. The Morgan fingerprint density at radius 1 is 0.943 bits per heavy atom. The van der Waals surface area contributed by atoms with Crippen LogP contribution in [0, 0.1) is 17.8 Å². The summed E-state index contributed by atoms with van der Waals surface area (Å²) >= 11 is 0. The van der Waals surface area contributed by atoms with Gasteiger partial charge >= 0.3 is 12.1 Å². The van der Waals surface area contributed by atoms with Gasteiger partial charge in [0.2, 0.25) is 5.91 Å². The minimum absolute atomic E-state index is 0.0131. The zero-order chi connectivity index (χ0) is 24.4. The van der Waals surface area contributed by atoms with Gasteiger partial charge in [-0.2, -0.15) is 0 Å². The molecule has 0 aromatic heterocycles. The summed E-state index contributed by atoms with van der Waals surface area (Å²) < 4.78 is 5.63. The number of hydrogen-bond donors (Lipinski definition) is 3. The average molecular weight is 477 g/mol. The first-order valence-electron chi connectivity index (χ1n) is 12.6. The topological polar surface area (TPSA) is 105 Å². The van der Waals surface area contributed by atoms with Crippen LogP contribution >= 0.6 is 0 Å². The first kappa shape index (κ1) is 23.4. The number of benzene rings is 2. The second-order valence-corrected chi connectivity index (χ2v) is 10.1. The van der Waals surface area contributed by atoms with E-state index in [0.29, 0.717) is 38.1 Å². The lowest BCUT2D eigenvalue weighted by Gasteiger charge is -2.19. The van der Waals surface area contributed by atoms with Crippen molar-refractivity contribution in [2.75, 3.05) is 13.2 Å². The van der Waals surface area contributed by atoms with Gasteiger partial charge in [0.15, 0.2) is 0 Å². The normalized spacial score (nSPS) is 21.6. The highest BCUT2D eigenvalue weighted by Gasteiger charge is 2.35. The second kappa shape index (κ2) is 10.1. The molecule has 35 heavy (non-hydrogen) atoms. The van der Waals surface area contributed by atoms with Crippen LogP contribution in [-0.2, 0) is 14.3 Å². The fourth-order valence-corrected chi connectivity index (χ4v) is 5.70. The number of nitrogens with one attached hydrogen (secondary N) is 2. The van der Waals surface area contributed by atoms with E-state index in [2.05, 4.69) is 34.9 Å². The molecule has 0 heterocycles. The maximum Gasteiger partial charge on any atom is 0.407 e. The number of rotatable bonds is 9. The molecular weight excluding hydrogens is 444 g/mol. The Morgan fingerprint density at radius 3 is 2.20 bits per heavy atom. The van der Waals surface area contributed by atoms with Gasteiger partial charge in [-0.25, -0.2) is 4.79 Å². The van der Waals surface area contributed by atoms with E-state index < -0.39 is 12.1 Å². The van der Waals surface area contributed by atoms with E-state index in [9.17, 15) is 14.4 Å². The molecule has 1 unspecified atom stereocenters. The number of amides is 2. The van der Waals surface area contributed by atoms with Crippen LogP contribution in [0.25, 0.3) is 11.1 Å². The molecule has 184 valence electrons. The molecule has 3 atom stereocenters. The lowest BCUT2D eigenvalue weighted by molar-refractivity contribution is -0.141. The molecule has 2 aromatic carbocycles. The third-order valence-electron chi connectivity index (χ3n) is 7.74. The SMILES string of the molecule is O=C(CC(CNC(=O)OCC1c2ccccc2-c2ccccc21)C1CC1)N[C@H]1CC[C@@H](C(=O)O)C1. The summed E-state index contributed by atoms with van der Waals surface area (Å²) in [6.45, 7) is 0.665. The van der Waals surface area contributed by atoms with Gasteiger partial charge in [-0.15, -0.1) is 0 Å². The number of fused-ring (bicyclic) bond motifs is 3. The van der Waals surface area contributed by atoms with Gasteiger partial charge < -0.3 is 20.5 Å². The van der Waals surface area contributed by atoms with Crippen LogP contribution in [0.5, 0.6) is 0 Å². The smallest absolute Gasteiger partial charge is 0.407 e. The van der Waals surface area contributed by atoms with E-state index >= 15 is 0 Å². The summed E-state index contributed by atoms with van der Waals surface area (Å²) in [4.78, 5) is 36.3. The predicted molar refractivity (Wildman–Crippen MR) is 131 cm³/mol. The van der Waals surface area contributed by atoms with Gasteiger partial charge in [0.1, 0.15) is 6.61 Å². The van der Waals surface area contributed by atoms with E-state index in [4.69, 9.17) is 9.84 Å². The Kier molecular flexibility index (Phi) is 6.75. The molecule has 3 aliphatic carbocycles. The molecule has 0 aliphatic heterocycles. The summed E-state index contributed by atoms with van der Waals surface area (Å²) in [5.74, 6) is -0.705. The molecule has 0 radical (unpaired) electrons. The third-order valence-corrected chi connectivity index (χ3v) is 7.74. The van der Waals surface area contributed by atoms with E-state index in [-0.39, 0.29) is 36.3 Å². The maximum atomic E-state index is 12.6. The summed E-state index contributed by atoms with van der Waals surface area (Å²) in [7, 11) is 0. The summed E-state index contributed by atoms with van der Waals surface area (Å²) in [6.07, 6.45) is 3.81. The van der Waals surface area contributed by atoms with Crippen LogP contribution in [0.2, 0.25) is 0 Å². The molecule has 2 amide bonds. The summed E-state index contributed by atoms with van der Waals surface area (Å²) in [6, 6.07) is 16.4. The van der Waals surface area contributed by atoms with Gasteiger partial charge in [-0.3, -0.25) is 9.59 Å². The molecule has 5 rings (SSSR count). The predicted octanol–water partition coefficient (Wildman–Crippen LogP) is 4.31. The molecule has 0 spiro atoms. The average Bonchev–Trinajstić information content (AvgIpc) is 3.51. The molecule has 7 heteroatoms. The minimum atomic E-state index is -0.787. The van der Waals surface area contributed by atoms with Gasteiger partial charge in [0.05, 0.1) is 5.92 Å². The number of alkyl carbamates (subject to hydrolysis) is 1. The highest BCUT2D eigenvalue weighted by molar-refractivity contribution is 5.79. The Labute approximate surface area is 205 Å². The van der Waals surface area contributed by atoms with Gasteiger partial charge in [0.25, 0.3) is 0 Å². The number of aliphatic carboxylic acids is 1. The highest BCUT2D eigenvalue weighted by atomic mass is 16.5. The molecule has 3 N–H and O–H groups in total. The molecule has 7 nitrogen and oxygen atoms in total. The fourth-order valence-electron chi connectivity index (χ4n) is 5.70. The van der Waals surface area contributed by atoms with Crippen LogP contribution in [0.3, 0.4) is 0 Å².